The molecule has 0 aromatic carbocycles. The van der Waals surface area contributed by atoms with E-state index in [-0.39, 0.29) is 24.2 Å². The van der Waals surface area contributed by atoms with Crippen molar-refractivity contribution in [3.05, 3.63) is 0 Å². The molecule has 0 spiro atoms. The van der Waals surface area contributed by atoms with Crippen LogP contribution in [0.4, 0.5) is 0 Å². The summed E-state index contributed by atoms with van der Waals surface area (Å²) >= 11 is 0. The van der Waals surface area contributed by atoms with E-state index in [0.717, 1.165) is 86.6 Å². The topological polar surface area (TPSA) is 71.2 Å². The lowest BCUT2D eigenvalue weighted by atomic mass is 9.73. The highest BCUT2D eigenvalue weighted by molar-refractivity contribution is 5.82. The molecule has 62 heavy (non-hydrogen) atoms. The third kappa shape index (κ3) is 6.57. The zero-order valence-corrected chi connectivity index (χ0v) is 38.8. The van der Waals surface area contributed by atoms with E-state index in [1.165, 1.54) is 167 Å². The van der Waals surface area contributed by atoms with Gasteiger partial charge in [0.2, 0.25) is 11.8 Å². The Balaban J connectivity index is 0.676. The smallest absolute Gasteiger partial charge is 0.227 e. The molecule has 8 heteroatoms. The van der Waals surface area contributed by atoms with Crippen LogP contribution in [0.1, 0.15) is 193 Å². The summed E-state index contributed by atoms with van der Waals surface area (Å²) in [6.07, 6.45) is 40.2. The van der Waals surface area contributed by atoms with Crippen molar-refractivity contribution >= 4 is 11.8 Å². The van der Waals surface area contributed by atoms with Gasteiger partial charge in [0.15, 0.2) is 0 Å². The van der Waals surface area contributed by atoms with E-state index in [4.69, 9.17) is 0 Å². The first-order chi connectivity index (χ1) is 30.6. The van der Waals surface area contributed by atoms with Crippen LogP contribution in [-0.4, -0.2) is 105 Å². The standard InChI is InChI=1S/C54H86N6O2/c61-53(59-49-23-11-5-17-41(49)43-29-35(31-55-51(43)59)57-45-19-7-1-13-37(45)38-14-2-8-20-46(38)57)33-25-27-34(28-26-33)54(62)60-50-24-12-6-18-42(50)44-30-36(32-56-52(44)60)58-47-21-9-3-15-39(47)40-16-4-10-22-48(40)58/h33-52,55-56H,1-32H2. The predicted molar refractivity (Wildman–Crippen MR) is 245 cm³/mol. The largest absolute Gasteiger partial charge is 0.323 e. The number of carbonyl (C=O) groups is 2. The van der Waals surface area contributed by atoms with Gasteiger partial charge in [0.1, 0.15) is 0 Å². The van der Waals surface area contributed by atoms with Gasteiger partial charge in [-0.3, -0.25) is 30.0 Å². The van der Waals surface area contributed by atoms with Crippen LogP contribution < -0.4 is 10.6 Å². The Hall–Kier alpha value is -1.22. The van der Waals surface area contributed by atoms with Crippen molar-refractivity contribution in [2.75, 3.05) is 13.1 Å². The van der Waals surface area contributed by atoms with Gasteiger partial charge < -0.3 is 9.80 Å². The molecule has 13 fully saturated rings. The predicted octanol–water partition coefficient (Wildman–Crippen LogP) is 9.07. The van der Waals surface area contributed by atoms with E-state index in [9.17, 15) is 0 Å². The Morgan fingerprint density at radius 3 is 0.919 bits per heavy atom. The Kier molecular flexibility index (Phi) is 11.1. The molecule has 6 saturated heterocycles. The molecule has 0 aromatic rings. The summed E-state index contributed by atoms with van der Waals surface area (Å²) < 4.78 is 0. The lowest BCUT2D eigenvalue weighted by Gasteiger charge is -2.47. The Bertz CT molecular complexity index is 1490. The highest BCUT2D eigenvalue weighted by atomic mass is 16.2. The first-order valence-electron chi connectivity index (χ1n) is 28.3. The number of rotatable bonds is 4. The molecule has 2 N–H and O–H groups in total. The van der Waals surface area contributed by atoms with Crippen molar-refractivity contribution in [2.45, 2.75) is 253 Å². The number of nitrogens with zero attached hydrogens (tertiary/aromatic N) is 4. The number of fused-ring (bicyclic) bond motifs is 12. The number of piperidine rings is 2. The maximum absolute atomic E-state index is 15.0. The first-order valence-corrected chi connectivity index (χ1v) is 28.3. The Morgan fingerprint density at radius 1 is 0.323 bits per heavy atom. The van der Waals surface area contributed by atoms with Crippen molar-refractivity contribution in [2.24, 2.45) is 59.2 Å². The summed E-state index contributed by atoms with van der Waals surface area (Å²) in [6.45, 7) is 2.15. The molecule has 0 radical (unpaired) electrons. The lowest BCUT2D eigenvalue weighted by Crippen LogP contribution is -2.61. The molecular formula is C54H86N6O2. The summed E-state index contributed by atoms with van der Waals surface area (Å²) in [6, 6.07) is 5.46. The first kappa shape index (κ1) is 41.0. The maximum atomic E-state index is 15.0. The molecule has 18 atom stereocenters. The molecule has 0 aromatic heterocycles. The van der Waals surface area contributed by atoms with Gasteiger partial charge in [0, 0.05) is 73.3 Å². The molecule has 8 nitrogen and oxygen atoms in total. The minimum Gasteiger partial charge on any atom is -0.323 e. The second kappa shape index (κ2) is 16.8. The quantitative estimate of drug-likeness (QED) is 0.295. The molecule has 6 aliphatic heterocycles. The van der Waals surface area contributed by atoms with Crippen LogP contribution >= 0.6 is 0 Å². The van der Waals surface area contributed by atoms with Crippen LogP contribution in [0.25, 0.3) is 0 Å². The van der Waals surface area contributed by atoms with Crippen LogP contribution in [0.15, 0.2) is 0 Å². The number of hydrogen-bond donors (Lipinski definition) is 2. The van der Waals surface area contributed by atoms with Crippen molar-refractivity contribution in [1.82, 2.24) is 30.2 Å². The molecule has 344 valence electrons. The number of nitrogens with one attached hydrogen (secondary N) is 2. The van der Waals surface area contributed by atoms with Gasteiger partial charge in [-0.2, -0.15) is 0 Å². The van der Waals surface area contributed by atoms with Gasteiger partial charge >= 0.3 is 0 Å². The van der Waals surface area contributed by atoms with Crippen LogP contribution in [0.5, 0.6) is 0 Å². The second-order valence-corrected chi connectivity index (χ2v) is 24.8. The fourth-order valence-electron chi connectivity index (χ4n) is 20.4. The van der Waals surface area contributed by atoms with E-state index in [1.807, 2.05) is 0 Å². The summed E-state index contributed by atoms with van der Waals surface area (Å²) in [5, 5.41) is 8.37. The molecule has 7 saturated carbocycles. The van der Waals surface area contributed by atoms with Gasteiger partial charge in [0.05, 0.1) is 12.3 Å². The zero-order chi connectivity index (χ0) is 41.1. The number of likely N-dealkylation sites (tertiary alicyclic amines) is 4. The normalized spacial score (nSPS) is 51.5. The van der Waals surface area contributed by atoms with Crippen molar-refractivity contribution in [3.8, 4) is 0 Å². The number of amides is 2. The number of hydrogen-bond acceptors (Lipinski definition) is 6. The molecule has 2 amide bonds. The molecule has 13 rings (SSSR count). The van der Waals surface area contributed by atoms with E-state index in [2.05, 4.69) is 30.2 Å². The summed E-state index contributed by atoms with van der Waals surface area (Å²) in [5.41, 5.74) is 0. The minimum absolute atomic E-state index is 0.0967. The molecule has 7 aliphatic carbocycles. The van der Waals surface area contributed by atoms with Crippen LogP contribution in [-0.2, 0) is 9.59 Å². The molecular weight excluding hydrogens is 765 g/mol. The van der Waals surface area contributed by atoms with Crippen LogP contribution in [0.2, 0.25) is 0 Å². The average molecular weight is 851 g/mol. The molecule has 6 heterocycles. The van der Waals surface area contributed by atoms with Crippen molar-refractivity contribution in [1.29, 1.82) is 0 Å². The van der Waals surface area contributed by atoms with Gasteiger partial charge in [-0.05, 0) is 163 Å². The van der Waals surface area contributed by atoms with Crippen molar-refractivity contribution in [3.63, 3.8) is 0 Å². The number of carbonyl (C=O) groups excluding carboxylic acids is 2. The monoisotopic (exact) mass is 851 g/mol. The average Bonchev–Trinajstić information content (AvgIpc) is 4.06. The highest BCUT2D eigenvalue weighted by Gasteiger charge is 2.60. The van der Waals surface area contributed by atoms with Gasteiger partial charge in [0.25, 0.3) is 0 Å². The summed E-state index contributed by atoms with van der Waals surface area (Å²) in [5.74, 6) is 7.49. The second-order valence-electron chi connectivity index (χ2n) is 24.8. The van der Waals surface area contributed by atoms with Gasteiger partial charge in [-0.25, -0.2) is 0 Å². The fourth-order valence-corrected chi connectivity index (χ4v) is 20.4. The Labute approximate surface area is 375 Å². The van der Waals surface area contributed by atoms with Crippen LogP contribution in [0.3, 0.4) is 0 Å². The van der Waals surface area contributed by atoms with Crippen molar-refractivity contribution < 1.29 is 9.59 Å². The van der Waals surface area contributed by atoms with Crippen LogP contribution in [0, 0.1) is 59.2 Å². The molecule has 13 aliphatic rings. The molecule has 18 unspecified atom stereocenters. The highest BCUT2D eigenvalue weighted by Crippen LogP contribution is 2.56. The maximum Gasteiger partial charge on any atom is 0.227 e. The Morgan fingerprint density at radius 2 is 0.597 bits per heavy atom. The zero-order valence-electron chi connectivity index (χ0n) is 38.8. The van der Waals surface area contributed by atoms with Gasteiger partial charge in [-0.1, -0.05) is 77.0 Å². The lowest BCUT2D eigenvalue weighted by molar-refractivity contribution is -0.147. The molecule has 0 bridgehead atoms. The van der Waals surface area contributed by atoms with Gasteiger partial charge in [-0.15, -0.1) is 0 Å². The van der Waals surface area contributed by atoms with E-state index >= 15 is 9.59 Å². The fraction of sp³-hybridized carbons (Fsp3) is 0.963. The third-order valence-corrected chi connectivity index (χ3v) is 22.5. The van der Waals surface area contributed by atoms with E-state index in [1.54, 1.807) is 0 Å². The summed E-state index contributed by atoms with van der Waals surface area (Å²) in [7, 11) is 0. The third-order valence-electron chi connectivity index (χ3n) is 22.5. The minimum atomic E-state index is 0.0967. The van der Waals surface area contributed by atoms with E-state index < -0.39 is 0 Å². The summed E-state index contributed by atoms with van der Waals surface area (Å²) in [4.78, 5) is 41.3. The van der Waals surface area contributed by atoms with E-state index in [0.29, 0.717) is 59.7 Å². The SMILES string of the molecule is O=C(C1CCC(C(=O)N2C3CCCCC3C3CC(N4C5CCCCC5C5CCCCC54)CNC32)CC1)N1C2CCCCC2C2CC(N3C4CCCCC4C4CCCCC43)CNC21.